The van der Waals surface area contributed by atoms with Gasteiger partial charge in [0.25, 0.3) is 5.91 Å². The number of amides is 1. The van der Waals surface area contributed by atoms with E-state index < -0.39 is 0 Å². The van der Waals surface area contributed by atoms with Crippen molar-refractivity contribution in [2.45, 2.75) is 59.4 Å². The Kier molecular flexibility index (Phi) is 12.1. The van der Waals surface area contributed by atoms with E-state index in [2.05, 4.69) is 49.0 Å². The van der Waals surface area contributed by atoms with E-state index >= 15 is 0 Å². The number of carbonyl (C=O) groups is 1. The van der Waals surface area contributed by atoms with Gasteiger partial charge in [-0.1, -0.05) is 58.9 Å². The van der Waals surface area contributed by atoms with Gasteiger partial charge in [0.1, 0.15) is 5.82 Å². The van der Waals surface area contributed by atoms with Gasteiger partial charge in [-0.25, -0.2) is 9.99 Å². The van der Waals surface area contributed by atoms with E-state index in [-0.39, 0.29) is 17.9 Å². The maximum Gasteiger partial charge on any atom is 0.267 e. The second kappa shape index (κ2) is 15.3. The molecule has 4 N–H and O–H groups in total. The molecule has 0 saturated heterocycles. The number of aryl methyl sites for hydroxylation is 1. The number of rotatable bonds is 10. The maximum absolute atomic E-state index is 13.1. The van der Waals surface area contributed by atoms with Gasteiger partial charge in [-0.3, -0.25) is 4.79 Å². The number of hydrazone groups is 1. The van der Waals surface area contributed by atoms with Crippen LogP contribution in [-0.2, 0) is 17.6 Å². The molecule has 1 amide bonds. The highest BCUT2D eigenvalue weighted by Gasteiger charge is 2.24. The van der Waals surface area contributed by atoms with Crippen LogP contribution in [0.1, 0.15) is 62.9 Å². The van der Waals surface area contributed by atoms with Gasteiger partial charge in [0.05, 0.1) is 32.2 Å². The molecule has 2 heterocycles. The summed E-state index contributed by atoms with van der Waals surface area (Å²) >= 11 is 0. The van der Waals surface area contributed by atoms with Crippen molar-refractivity contribution in [1.82, 2.24) is 15.0 Å². The van der Waals surface area contributed by atoms with Crippen molar-refractivity contribution >= 4 is 30.0 Å². The average molecular weight is 547 g/mol. The van der Waals surface area contributed by atoms with Gasteiger partial charge in [-0.05, 0) is 48.3 Å². The molecular formula is C31H42N6O3. The summed E-state index contributed by atoms with van der Waals surface area (Å²) in [5, 5.41) is 5.70. The summed E-state index contributed by atoms with van der Waals surface area (Å²) in [6.45, 7) is 15.9. The lowest BCUT2D eigenvalue weighted by Crippen LogP contribution is -2.37. The first-order valence-corrected chi connectivity index (χ1v) is 13.4. The highest BCUT2D eigenvalue weighted by Crippen LogP contribution is 2.35. The number of carbonyl (C=O) groups excluding carboxylic acids is 1. The zero-order valence-corrected chi connectivity index (χ0v) is 24.5. The van der Waals surface area contributed by atoms with Crippen LogP contribution in [0.4, 0.5) is 11.8 Å². The molecule has 0 aliphatic carbocycles. The predicted molar refractivity (Wildman–Crippen MR) is 164 cm³/mol. The number of anilines is 2. The van der Waals surface area contributed by atoms with Crippen molar-refractivity contribution in [3.8, 4) is 11.5 Å². The van der Waals surface area contributed by atoms with Crippen LogP contribution in [-0.4, -0.2) is 47.4 Å². The van der Waals surface area contributed by atoms with Crippen molar-refractivity contribution in [3.05, 3.63) is 77.0 Å². The number of hydrogen-bond acceptors (Lipinski definition) is 8. The summed E-state index contributed by atoms with van der Waals surface area (Å²) in [4.78, 5) is 21.6. The molecule has 9 nitrogen and oxygen atoms in total. The molecule has 1 aromatic carbocycles. The van der Waals surface area contributed by atoms with Crippen LogP contribution in [0, 0.1) is 0 Å². The van der Waals surface area contributed by atoms with E-state index in [9.17, 15) is 4.79 Å². The fourth-order valence-corrected chi connectivity index (χ4v) is 4.30. The highest BCUT2D eigenvalue weighted by atomic mass is 16.5. The smallest absolute Gasteiger partial charge is 0.267 e. The van der Waals surface area contributed by atoms with Crippen molar-refractivity contribution in [3.63, 3.8) is 0 Å². The number of aromatic nitrogens is 2. The number of methoxy groups -OCH3 is 2. The Hall–Kier alpha value is -4.40. The first-order valence-electron chi connectivity index (χ1n) is 13.4. The van der Waals surface area contributed by atoms with Crippen LogP contribution in [0.5, 0.6) is 11.5 Å². The third-order valence-electron chi connectivity index (χ3n) is 6.12. The van der Waals surface area contributed by atoms with Gasteiger partial charge in [0.15, 0.2) is 11.5 Å². The standard InChI is InChI=1S/C28H34N6O3.C3H8/c1-7-10-23-22(27(29)33-28(30)32-23)14-18-13-20(26(37-6)24(15-18)36-5)11-12-25(35)34-17(4)21(9-3)19(8-2)16-31-34;1-3-2/h8-9,11-13,15-17H,2-3,7,10,14H2,1,4-6H3,(H4,29,30,32,33);3H2,1-2H3/b12-11+;. The molecule has 0 spiro atoms. The molecule has 1 aliphatic rings. The number of nitrogen functional groups attached to an aromatic ring is 2. The lowest BCUT2D eigenvalue weighted by molar-refractivity contribution is -0.127. The van der Waals surface area contributed by atoms with Gasteiger partial charge in [0.2, 0.25) is 5.95 Å². The summed E-state index contributed by atoms with van der Waals surface area (Å²) < 4.78 is 11.2. The van der Waals surface area contributed by atoms with E-state index in [1.165, 1.54) is 17.5 Å². The van der Waals surface area contributed by atoms with Crippen LogP contribution in [0.3, 0.4) is 0 Å². The van der Waals surface area contributed by atoms with E-state index in [1.54, 1.807) is 38.7 Å². The van der Waals surface area contributed by atoms with Crippen LogP contribution < -0.4 is 20.9 Å². The third-order valence-corrected chi connectivity index (χ3v) is 6.12. The number of allylic oxidation sites excluding steroid dienone is 2. The average Bonchev–Trinajstić information content (AvgIpc) is 2.93. The zero-order valence-electron chi connectivity index (χ0n) is 24.5. The Morgan fingerprint density at radius 2 is 1.80 bits per heavy atom. The topological polar surface area (TPSA) is 129 Å². The normalized spacial score (nSPS) is 14.6. The van der Waals surface area contributed by atoms with Gasteiger partial charge >= 0.3 is 0 Å². The fourth-order valence-electron chi connectivity index (χ4n) is 4.30. The molecule has 0 saturated carbocycles. The van der Waals surface area contributed by atoms with E-state index in [4.69, 9.17) is 20.9 Å². The number of ether oxygens (including phenoxy) is 2. The van der Waals surface area contributed by atoms with Gasteiger partial charge in [-0.2, -0.15) is 10.1 Å². The second-order valence-electron chi connectivity index (χ2n) is 9.20. The molecule has 40 heavy (non-hydrogen) atoms. The summed E-state index contributed by atoms with van der Waals surface area (Å²) in [5.74, 6) is 1.24. The summed E-state index contributed by atoms with van der Waals surface area (Å²) in [6.07, 6.45) is 11.5. The van der Waals surface area contributed by atoms with Crippen molar-refractivity contribution in [2.24, 2.45) is 5.10 Å². The van der Waals surface area contributed by atoms with E-state index in [0.717, 1.165) is 40.8 Å². The van der Waals surface area contributed by atoms with Gasteiger partial charge in [-0.15, -0.1) is 0 Å². The molecule has 3 rings (SSSR count). The van der Waals surface area contributed by atoms with Crippen LogP contribution in [0.25, 0.3) is 6.08 Å². The monoisotopic (exact) mass is 546 g/mol. The maximum atomic E-state index is 13.1. The summed E-state index contributed by atoms with van der Waals surface area (Å²) in [5.41, 5.74) is 16.9. The molecular weight excluding hydrogens is 504 g/mol. The number of nitrogens with zero attached hydrogens (tertiary/aromatic N) is 4. The van der Waals surface area contributed by atoms with Gasteiger partial charge in [0, 0.05) is 23.6 Å². The molecule has 0 bridgehead atoms. The molecule has 214 valence electrons. The molecule has 1 aromatic heterocycles. The minimum atomic E-state index is -0.293. The minimum Gasteiger partial charge on any atom is -0.493 e. The van der Waals surface area contributed by atoms with Crippen molar-refractivity contribution in [2.75, 3.05) is 25.7 Å². The first-order chi connectivity index (χ1) is 19.2. The molecule has 0 radical (unpaired) electrons. The Labute approximate surface area is 238 Å². The Bertz CT molecular complexity index is 1310. The molecule has 9 heteroatoms. The quantitative estimate of drug-likeness (QED) is 0.376. The molecule has 1 unspecified atom stereocenters. The first kappa shape index (κ1) is 31.8. The Balaban J connectivity index is 0.00000178. The minimum absolute atomic E-state index is 0.156. The summed E-state index contributed by atoms with van der Waals surface area (Å²) in [7, 11) is 3.12. The van der Waals surface area contributed by atoms with Crippen LogP contribution in [0.15, 0.2) is 59.8 Å². The van der Waals surface area contributed by atoms with E-state index in [1.807, 2.05) is 19.1 Å². The zero-order chi connectivity index (χ0) is 29.8. The fraction of sp³-hybridized carbons (Fsp3) is 0.355. The lowest BCUT2D eigenvalue weighted by atomic mass is 9.98. The molecule has 1 atom stereocenters. The van der Waals surface area contributed by atoms with E-state index in [0.29, 0.717) is 29.3 Å². The molecule has 0 fully saturated rings. The third kappa shape index (κ3) is 7.59. The number of hydrogen-bond donors (Lipinski definition) is 2. The Morgan fingerprint density at radius 1 is 1.10 bits per heavy atom. The van der Waals surface area contributed by atoms with Gasteiger partial charge < -0.3 is 20.9 Å². The van der Waals surface area contributed by atoms with Crippen molar-refractivity contribution < 1.29 is 14.3 Å². The SMILES string of the molecule is C=CC1=C(C=C)C(C)N(C(=O)/C=C/c2cc(Cc3c(N)nc(N)nc3CCC)cc(OC)c2OC)N=C1.CCC. The summed E-state index contributed by atoms with van der Waals surface area (Å²) in [6, 6.07) is 3.50. The van der Waals surface area contributed by atoms with Crippen LogP contribution in [0.2, 0.25) is 0 Å². The van der Waals surface area contributed by atoms with Crippen molar-refractivity contribution in [1.29, 1.82) is 0 Å². The second-order valence-corrected chi connectivity index (χ2v) is 9.20. The lowest BCUT2D eigenvalue weighted by Gasteiger charge is -2.28. The van der Waals surface area contributed by atoms with Crippen LogP contribution >= 0.6 is 0 Å². The molecule has 1 aliphatic heterocycles. The largest absolute Gasteiger partial charge is 0.493 e. The predicted octanol–water partition coefficient (Wildman–Crippen LogP) is 5.52. The number of nitrogens with two attached hydrogens (primary N) is 2. The highest BCUT2D eigenvalue weighted by molar-refractivity contribution is 5.95. The number of benzene rings is 1. The Morgan fingerprint density at radius 3 is 2.38 bits per heavy atom. The molecule has 2 aromatic rings.